The molecule has 4 rings (SSSR count). The van der Waals surface area contributed by atoms with Crippen LogP contribution in [0.1, 0.15) is 33.1 Å². The van der Waals surface area contributed by atoms with Crippen molar-refractivity contribution in [3.8, 4) is 5.69 Å². The normalized spacial score (nSPS) is 11.4. The van der Waals surface area contributed by atoms with Crippen LogP contribution < -0.4 is 5.43 Å². The molecular weight excluding hydrogens is 476 g/mol. The number of hydrazone groups is 1. The van der Waals surface area contributed by atoms with E-state index in [2.05, 4.69) is 26.5 Å². The molecule has 0 saturated heterocycles. The van der Waals surface area contributed by atoms with Crippen LogP contribution in [0.15, 0.2) is 62.5 Å². The van der Waals surface area contributed by atoms with E-state index in [1.54, 1.807) is 30.5 Å². The first-order chi connectivity index (χ1) is 15.2. The number of carbonyl (C=O) groups excluding carboxylic acids is 1. The minimum atomic E-state index is -0.450. The molecular formula is C23H19BrN4O4. The monoisotopic (exact) mass is 494 g/mol. The fourth-order valence-corrected chi connectivity index (χ4v) is 4.01. The molecule has 0 saturated carbocycles. The van der Waals surface area contributed by atoms with Crippen LogP contribution in [0.2, 0.25) is 0 Å². The maximum Gasteiger partial charge on any atom is 0.307 e. The fraction of sp³-hybridized carbons (Fsp3) is 0.130. The molecule has 0 aliphatic carbocycles. The number of furan rings is 1. The van der Waals surface area contributed by atoms with E-state index in [9.17, 15) is 14.9 Å². The molecule has 162 valence electrons. The number of nitro benzene ring substituents is 1. The molecule has 0 radical (unpaired) electrons. The number of halogens is 1. The van der Waals surface area contributed by atoms with Gasteiger partial charge in [-0.3, -0.25) is 14.9 Å². The minimum absolute atomic E-state index is 0.0520. The Kier molecular flexibility index (Phi) is 5.67. The summed E-state index contributed by atoms with van der Waals surface area (Å²) in [6.45, 7) is 5.70. The van der Waals surface area contributed by atoms with Crippen LogP contribution in [0.5, 0.6) is 0 Å². The molecule has 0 atom stereocenters. The number of hydrogen-bond acceptors (Lipinski definition) is 5. The van der Waals surface area contributed by atoms with Gasteiger partial charge >= 0.3 is 5.91 Å². The number of hydrogen-bond donors (Lipinski definition) is 1. The molecule has 0 bridgehead atoms. The van der Waals surface area contributed by atoms with Crippen LogP contribution >= 0.6 is 15.9 Å². The van der Waals surface area contributed by atoms with Gasteiger partial charge in [0.2, 0.25) is 0 Å². The molecule has 8 nitrogen and oxygen atoms in total. The summed E-state index contributed by atoms with van der Waals surface area (Å²) >= 11 is 3.39. The number of carbonyl (C=O) groups is 1. The van der Waals surface area contributed by atoms with Crippen molar-refractivity contribution >= 4 is 44.7 Å². The highest BCUT2D eigenvalue weighted by Crippen LogP contribution is 2.26. The highest BCUT2D eigenvalue weighted by atomic mass is 79.9. The van der Waals surface area contributed by atoms with E-state index >= 15 is 0 Å². The molecule has 2 heterocycles. The molecule has 0 unspecified atom stereocenters. The van der Waals surface area contributed by atoms with Gasteiger partial charge < -0.3 is 8.98 Å². The minimum Gasteiger partial charge on any atom is -0.451 e. The van der Waals surface area contributed by atoms with Crippen molar-refractivity contribution in [2.24, 2.45) is 5.10 Å². The summed E-state index contributed by atoms with van der Waals surface area (Å²) in [5.41, 5.74) is 7.44. The van der Waals surface area contributed by atoms with Gasteiger partial charge in [-0.05, 0) is 62.7 Å². The van der Waals surface area contributed by atoms with E-state index in [0.717, 1.165) is 38.1 Å². The summed E-state index contributed by atoms with van der Waals surface area (Å²) in [6, 6.07) is 13.9. The summed E-state index contributed by atoms with van der Waals surface area (Å²) in [6.07, 6.45) is 1.57. The summed E-state index contributed by atoms with van der Waals surface area (Å²) in [7, 11) is 0. The Balaban J connectivity index is 1.55. The SMILES string of the molecule is Cc1cc([N+](=O)[O-])ccc1-n1c(C)cc(C=NNC(=O)c2cc3cc(Br)ccc3o2)c1C. The van der Waals surface area contributed by atoms with E-state index in [4.69, 9.17) is 4.42 Å². The number of nitrogens with one attached hydrogen (secondary N) is 1. The average molecular weight is 495 g/mol. The van der Waals surface area contributed by atoms with Crippen molar-refractivity contribution in [1.29, 1.82) is 0 Å². The molecule has 32 heavy (non-hydrogen) atoms. The van der Waals surface area contributed by atoms with E-state index < -0.39 is 10.8 Å². The van der Waals surface area contributed by atoms with Crippen LogP contribution in [-0.2, 0) is 0 Å². The molecule has 2 aromatic heterocycles. The summed E-state index contributed by atoms with van der Waals surface area (Å²) < 4.78 is 8.47. The van der Waals surface area contributed by atoms with Crippen LogP contribution in [0.3, 0.4) is 0 Å². The van der Waals surface area contributed by atoms with E-state index in [-0.39, 0.29) is 11.4 Å². The van der Waals surface area contributed by atoms with Gasteiger partial charge in [-0.2, -0.15) is 5.10 Å². The Hall–Kier alpha value is -3.72. The number of amides is 1. The molecule has 0 fully saturated rings. The van der Waals surface area contributed by atoms with Crippen molar-refractivity contribution in [3.63, 3.8) is 0 Å². The molecule has 4 aromatic rings. The molecule has 0 spiro atoms. The molecule has 9 heteroatoms. The van der Waals surface area contributed by atoms with Crippen molar-refractivity contribution in [3.05, 3.63) is 91.4 Å². The van der Waals surface area contributed by atoms with Gasteiger partial charge in [-0.1, -0.05) is 15.9 Å². The lowest BCUT2D eigenvalue weighted by Gasteiger charge is -2.12. The zero-order valence-corrected chi connectivity index (χ0v) is 19.1. The third-order valence-corrected chi connectivity index (χ3v) is 5.67. The quantitative estimate of drug-likeness (QED) is 0.222. The number of nitro groups is 1. The third-order valence-electron chi connectivity index (χ3n) is 5.17. The standard InChI is InChI=1S/C23H19BrN4O4/c1-13-8-19(28(30)31)5-6-20(13)27-14(2)9-17(15(27)3)12-25-26-23(29)22-11-16-10-18(24)4-7-21(16)32-22/h4-12H,1-3H3,(H,26,29). The van der Waals surface area contributed by atoms with Gasteiger partial charge in [-0.15, -0.1) is 0 Å². The second-order valence-corrected chi connectivity index (χ2v) is 8.30. The molecule has 0 aliphatic heterocycles. The Morgan fingerprint density at radius 1 is 1.16 bits per heavy atom. The van der Waals surface area contributed by atoms with Gasteiger partial charge in [0.25, 0.3) is 5.69 Å². The third kappa shape index (κ3) is 4.06. The number of nitrogens with zero attached hydrogens (tertiary/aromatic N) is 3. The number of aromatic nitrogens is 1. The van der Waals surface area contributed by atoms with E-state index in [1.165, 1.54) is 6.07 Å². The summed E-state index contributed by atoms with van der Waals surface area (Å²) in [5, 5.41) is 15.9. The number of benzene rings is 2. The van der Waals surface area contributed by atoms with Crippen LogP contribution in [-0.4, -0.2) is 21.6 Å². The lowest BCUT2D eigenvalue weighted by Crippen LogP contribution is -2.16. The topological polar surface area (TPSA) is 103 Å². The van der Waals surface area contributed by atoms with Gasteiger partial charge in [0.15, 0.2) is 5.76 Å². The van der Waals surface area contributed by atoms with Crippen LogP contribution in [0, 0.1) is 30.9 Å². The van der Waals surface area contributed by atoms with Gasteiger partial charge in [-0.25, -0.2) is 5.43 Å². The number of aryl methyl sites for hydroxylation is 2. The van der Waals surface area contributed by atoms with Crippen molar-refractivity contribution in [2.45, 2.75) is 20.8 Å². The lowest BCUT2D eigenvalue weighted by molar-refractivity contribution is -0.384. The zero-order chi connectivity index (χ0) is 23.0. The van der Waals surface area contributed by atoms with E-state index in [1.807, 2.05) is 43.5 Å². The predicted octanol–water partition coefficient (Wildman–Crippen LogP) is 5.58. The second-order valence-electron chi connectivity index (χ2n) is 7.38. The first-order valence-corrected chi connectivity index (χ1v) is 10.5. The van der Waals surface area contributed by atoms with E-state index in [0.29, 0.717) is 5.58 Å². The smallest absolute Gasteiger partial charge is 0.307 e. The lowest BCUT2D eigenvalue weighted by atomic mass is 10.1. The summed E-state index contributed by atoms with van der Waals surface area (Å²) in [4.78, 5) is 23.0. The summed E-state index contributed by atoms with van der Waals surface area (Å²) in [5.74, 6) is -0.282. The Morgan fingerprint density at radius 2 is 1.94 bits per heavy atom. The maximum atomic E-state index is 12.4. The van der Waals surface area contributed by atoms with Crippen molar-refractivity contribution in [1.82, 2.24) is 9.99 Å². The number of rotatable bonds is 5. The van der Waals surface area contributed by atoms with Crippen LogP contribution in [0.25, 0.3) is 16.7 Å². The van der Waals surface area contributed by atoms with Gasteiger partial charge in [0, 0.05) is 44.6 Å². The number of fused-ring (bicyclic) bond motifs is 1. The second kappa shape index (κ2) is 8.43. The molecule has 0 aliphatic rings. The Labute approximate surface area is 191 Å². The Morgan fingerprint density at radius 3 is 2.66 bits per heavy atom. The molecule has 2 aromatic carbocycles. The first kappa shape index (κ1) is 21.5. The van der Waals surface area contributed by atoms with Gasteiger partial charge in [0.05, 0.1) is 11.1 Å². The molecule has 1 N–H and O–H groups in total. The highest BCUT2D eigenvalue weighted by Gasteiger charge is 2.15. The first-order valence-electron chi connectivity index (χ1n) is 9.71. The molecule has 1 amide bonds. The van der Waals surface area contributed by atoms with Crippen LogP contribution in [0.4, 0.5) is 5.69 Å². The largest absolute Gasteiger partial charge is 0.451 e. The maximum absolute atomic E-state index is 12.4. The number of non-ortho nitro benzene ring substituents is 1. The predicted molar refractivity (Wildman–Crippen MR) is 126 cm³/mol. The fourth-order valence-electron chi connectivity index (χ4n) is 3.63. The Bertz CT molecular complexity index is 1400. The van der Waals surface area contributed by atoms with Gasteiger partial charge in [0.1, 0.15) is 5.58 Å². The average Bonchev–Trinajstić information content (AvgIpc) is 3.28. The van der Waals surface area contributed by atoms with Crippen molar-refractivity contribution < 1.29 is 14.1 Å². The highest BCUT2D eigenvalue weighted by molar-refractivity contribution is 9.10. The zero-order valence-electron chi connectivity index (χ0n) is 17.5. The van der Waals surface area contributed by atoms with Crippen molar-refractivity contribution in [2.75, 3.05) is 0 Å².